The van der Waals surface area contributed by atoms with Crippen molar-refractivity contribution in [2.75, 3.05) is 6.61 Å². The van der Waals surface area contributed by atoms with Crippen LogP contribution in [0.15, 0.2) is 64.8 Å². The van der Waals surface area contributed by atoms with E-state index in [0.29, 0.717) is 18.2 Å². The molecule has 0 unspecified atom stereocenters. The number of guanidine groups is 1. The van der Waals surface area contributed by atoms with Crippen molar-refractivity contribution in [2.24, 2.45) is 21.7 Å². The number of para-hydroxylation sites is 1. The minimum Gasteiger partial charge on any atom is -0.494 e. The Hall–Kier alpha value is -3.81. The Morgan fingerprint density at radius 2 is 1.75 bits per heavy atom. The van der Waals surface area contributed by atoms with E-state index in [1.807, 2.05) is 73.1 Å². The van der Waals surface area contributed by atoms with Gasteiger partial charge in [-0.2, -0.15) is 10.2 Å². The third-order valence-corrected chi connectivity index (χ3v) is 3.84. The summed E-state index contributed by atoms with van der Waals surface area (Å²) in [5, 5.41) is 10.9. The number of nitrogens with two attached hydrogens (primary N) is 2. The zero-order valence-electron chi connectivity index (χ0n) is 15.8. The predicted octanol–water partition coefficient (Wildman–Crippen LogP) is 2.40. The minimum absolute atomic E-state index is 0.116. The zero-order valence-corrected chi connectivity index (χ0v) is 15.8. The van der Waals surface area contributed by atoms with Crippen molar-refractivity contribution in [1.82, 2.24) is 5.10 Å². The smallest absolute Gasteiger partial charge is 0.414 e. The fourth-order valence-electron chi connectivity index (χ4n) is 2.61. The van der Waals surface area contributed by atoms with Gasteiger partial charge in [0.15, 0.2) is 0 Å². The molecule has 0 fully saturated rings. The predicted molar refractivity (Wildman–Crippen MR) is 108 cm³/mol. The Morgan fingerprint density at radius 3 is 2.39 bits per heavy atom. The Balaban J connectivity index is 2.02. The van der Waals surface area contributed by atoms with Gasteiger partial charge in [-0.25, -0.2) is 0 Å². The van der Waals surface area contributed by atoms with Gasteiger partial charge in [0.05, 0.1) is 18.5 Å². The molecule has 0 aliphatic heterocycles. The van der Waals surface area contributed by atoms with Crippen LogP contribution in [0, 0.1) is 6.92 Å². The van der Waals surface area contributed by atoms with Crippen LogP contribution in [0.3, 0.4) is 0 Å². The van der Waals surface area contributed by atoms with Gasteiger partial charge in [0.25, 0.3) is 0 Å². The van der Waals surface area contributed by atoms with Gasteiger partial charge < -0.3 is 20.9 Å². The molecule has 0 amide bonds. The van der Waals surface area contributed by atoms with Gasteiger partial charge in [0.2, 0.25) is 11.6 Å². The van der Waals surface area contributed by atoms with Gasteiger partial charge in [-0.15, -0.1) is 5.10 Å². The van der Waals surface area contributed by atoms with Crippen molar-refractivity contribution >= 4 is 12.2 Å². The van der Waals surface area contributed by atoms with Crippen LogP contribution in [0.2, 0.25) is 0 Å². The van der Waals surface area contributed by atoms with E-state index < -0.39 is 0 Å². The summed E-state index contributed by atoms with van der Waals surface area (Å²) < 4.78 is 13.5. The number of aromatic nitrogens is 2. The molecule has 8 heteroatoms. The lowest BCUT2D eigenvalue weighted by Gasteiger charge is -2.05. The quantitative estimate of drug-likeness (QED) is 0.253. The van der Waals surface area contributed by atoms with E-state index in [4.69, 9.17) is 20.9 Å². The second-order valence-corrected chi connectivity index (χ2v) is 5.90. The second kappa shape index (κ2) is 8.72. The summed E-state index contributed by atoms with van der Waals surface area (Å²) in [4.78, 5) is 0. The number of hydrogen-bond donors (Lipinski definition) is 3. The summed E-state index contributed by atoms with van der Waals surface area (Å²) in [7, 11) is 0. The van der Waals surface area contributed by atoms with E-state index in [1.54, 1.807) is 6.21 Å². The lowest BCUT2D eigenvalue weighted by atomic mass is 10.2. The molecule has 1 heterocycles. The van der Waals surface area contributed by atoms with Crippen LogP contribution in [0.4, 0.5) is 0 Å². The molecule has 144 valence electrons. The van der Waals surface area contributed by atoms with Gasteiger partial charge in [-0.3, -0.25) is 0 Å². The van der Waals surface area contributed by atoms with Gasteiger partial charge >= 0.3 is 5.88 Å². The van der Waals surface area contributed by atoms with Gasteiger partial charge in [0, 0.05) is 12.1 Å². The van der Waals surface area contributed by atoms with Crippen molar-refractivity contribution in [2.45, 2.75) is 13.8 Å². The topological polar surface area (TPSA) is 115 Å². The summed E-state index contributed by atoms with van der Waals surface area (Å²) in [6, 6.07) is 17.2. The Bertz CT molecular complexity index is 974. The minimum atomic E-state index is -0.116. The summed E-state index contributed by atoms with van der Waals surface area (Å²) in [5.41, 5.74) is 13.2. The van der Waals surface area contributed by atoms with Crippen LogP contribution in [-0.4, -0.2) is 23.9 Å². The lowest BCUT2D eigenvalue weighted by molar-refractivity contribution is -0.660. The van der Waals surface area contributed by atoms with E-state index in [-0.39, 0.29) is 5.96 Å². The number of aromatic amines is 1. The van der Waals surface area contributed by atoms with E-state index in [2.05, 4.69) is 15.3 Å². The molecule has 0 radical (unpaired) electrons. The number of rotatable bonds is 7. The SMILES string of the molecule is CCOc1ccc(Oc2c(/C=N/N=C(N)N)c(C)[nH][n+]2-c2ccccc2)cc1. The molecule has 2 aromatic carbocycles. The van der Waals surface area contributed by atoms with Crippen molar-refractivity contribution in [1.29, 1.82) is 0 Å². The van der Waals surface area contributed by atoms with E-state index in [1.165, 1.54) is 0 Å². The number of H-pyrrole nitrogens is 1. The molecule has 0 atom stereocenters. The summed E-state index contributed by atoms with van der Waals surface area (Å²) in [6.07, 6.45) is 1.55. The molecule has 8 nitrogen and oxygen atoms in total. The molecule has 5 N–H and O–H groups in total. The summed E-state index contributed by atoms with van der Waals surface area (Å²) >= 11 is 0. The molecule has 0 bridgehead atoms. The highest BCUT2D eigenvalue weighted by atomic mass is 16.5. The number of ether oxygens (including phenoxy) is 2. The second-order valence-electron chi connectivity index (χ2n) is 5.90. The average molecular weight is 379 g/mol. The Morgan fingerprint density at radius 1 is 1.07 bits per heavy atom. The fourth-order valence-corrected chi connectivity index (χ4v) is 2.61. The monoisotopic (exact) mass is 379 g/mol. The molecule has 0 saturated carbocycles. The number of benzene rings is 2. The Kier molecular flexibility index (Phi) is 5.91. The highest BCUT2D eigenvalue weighted by Gasteiger charge is 2.26. The molecular formula is C20H23N6O2+. The summed E-state index contributed by atoms with van der Waals surface area (Å²) in [6.45, 7) is 4.47. The maximum atomic E-state index is 6.18. The molecule has 28 heavy (non-hydrogen) atoms. The van der Waals surface area contributed by atoms with E-state index >= 15 is 0 Å². The summed E-state index contributed by atoms with van der Waals surface area (Å²) in [5.74, 6) is 1.88. The van der Waals surface area contributed by atoms with Crippen molar-refractivity contribution < 1.29 is 14.2 Å². The number of hydrogen-bond acceptors (Lipinski definition) is 4. The number of nitrogens with one attached hydrogen (secondary N) is 1. The average Bonchev–Trinajstić information content (AvgIpc) is 3.00. The first-order valence-electron chi connectivity index (χ1n) is 8.81. The third kappa shape index (κ3) is 4.47. The molecule has 0 aliphatic carbocycles. The van der Waals surface area contributed by atoms with Crippen LogP contribution in [0.5, 0.6) is 17.4 Å². The molecule has 3 aromatic rings. The van der Waals surface area contributed by atoms with Gasteiger partial charge in [0.1, 0.15) is 17.1 Å². The lowest BCUT2D eigenvalue weighted by Crippen LogP contribution is -2.34. The van der Waals surface area contributed by atoms with Crippen LogP contribution >= 0.6 is 0 Å². The van der Waals surface area contributed by atoms with Crippen LogP contribution in [-0.2, 0) is 0 Å². The van der Waals surface area contributed by atoms with Crippen LogP contribution in [0.1, 0.15) is 18.2 Å². The fraction of sp³-hybridized carbons (Fsp3) is 0.150. The largest absolute Gasteiger partial charge is 0.494 e. The highest BCUT2D eigenvalue weighted by Crippen LogP contribution is 2.26. The normalized spacial score (nSPS) is 10.8. The first kappa shape index (κ1) is 19.0. The first-order valence-corrected chi connectivity index (χ1v) is 8.81. The van der Waals surface area contributed by atoms with E-state index in [0.717, 1.165) is 22.7 Å². The standard InChI is InChI=1S/C20H22N6O2/c1-3-27-16-9-11-17(12-10-16)28-19-18(13-23-24-20(21)22)14(2)25-26(19)15-7-5-4-6-8-15/h4-13H,3H2,1-2H3,(H4,21,22,24)/p+1/b23-13+. The first-order chi connectivity index (χ1) is 13.6. The van der Waals surface area contributed by atoms with E-state index in [9.17, 15) is 0 Å². The maximum absolute atomic E-state index is 6.18. The van der Waals surface area contributed by atoms with Crippen LogP contribution in [0.25, 0.3) is 5.69 Å². The molecule has 0 saturated heterocycles. The maximum Gasteiger partial charge on any atom is 0.414 e. The van der Waals surface area contributed by atoms with Gasteiger partial charge in [-0.1, -0.05) is 18.2 Å². The number of aryl methyl sites for hydroxylation is 1. The highest BCUT2D eigenvalue weighted by molar-refractivity contribution is 5.84. The molecule has 3 rings (SSSR count). The number of nitrogens with zero attached hydrogens (tertiary/aromatic N) is 3. The van der Waals surface area contributed by atoms with Crippen molar-refractivity contribution in [3.05, 3.63) is 65.9 Å². The van der Waals surface area contributed by atoms with Gasteiger partial charge in [-0.05, 0) is 42.8 Å². The Labute approximate surface area is 163 Å². The third-order valence-electron chi connectivity index (χ3n) is 3.84. The van der Waals surface area contributed by atoms with Crippen LogP contribution < -0.4 is 25.6 Å². The molecular weight excluding hydrogens is 356 g/mol. The molecule has 1 aromatic heterocycles. The zero-order chi connectivity index (χ0) is 19.9. The van der Waals surface area contributed by atoms with Crippen molar-refractivity contribution in [3.8, 4) is 23.1 Å². The molecule has 0 aliphatic rings. The van der Waals surface area contributed by atoms with Crippen molar-refractivity contribution in [3.63, 3.8) is 0 Å². The molecule has 0 spiro atoms.